The van der Waals surface area contributed by atoms with E-state index in [2.05, 4.69) is 29.1 Å². The standard InChI is InChI=1S/C13H24N4S.HI/c1-3-4-5-6-7-16-13(14)17-10-11(2)12-15-8-9-18-12;/h8-9,11H,3-7,10H2,1-2H3,(H3,14,16,17);1H. The topological polar surface area (TPSA) is 63.3 Å². The van der Waals surface area contributed by atoms with Gasteiger partial charge in [0, 0.05) is 24.0 Å². The summed E-state index contributed by atoms with van der Waals surface area (Å²) in [6, 6.07) is 0. The number of nitrogens with one attached hydrogen (secondary N) is 1. The van der Waals surface area contributed by atoms with E-state index in [0.29, 0.717) is 18.4 Å². The maximum atomic E-state index is 5.81. The van der Waals surface area contributed by atoms with Gasteiger partial charge in [-0.2, -0.15) is 0 Å². The molecule has 0 fully saturated rings. The normalized spacial score (nSPS) is 12.8. The Kier molecular flexibility index (Phi) is 11.2. The average molecular weight is 396 g/mol. The highest BCUT2D eigenvalue weighted by atomic mass is 127. The zero-order chi connectivity index (χ0) is 13.2. The molecule has 6 heteroatoms. The minimum Gasteiger partial charge on any atom is -0.370 e. The second kappa shape index (κ2) is 11.5. The Hall–Kier alpha value is -0.370. The molecule has 1 atom stereocenters. The van der Waals surface area contributed by atoms with Crippen molar-refractivity contribution in [2.75, 3.05) is 13.1 Å². The molecule has 0 bridgehead atoms. The van der Waals surface area contributed by atoms with Gasteiger partial charge in [-0.15, -0.1) is 35.3 Å². The third kappa shape index (κ3) is 8.41. The molecule has 19 heavy (non-hydrogen) atoms. The number of nitrogens with zero attached hydrogens (tertiary/aromatic N) is 2. The molecule has 0 radical (unpaired) electrons. The highest BCUT2D eigenvalue weighted by molar-refractivity contribution is 14.0. The number of unbranched alkanes of at least 4 members (excludes halogenated alkanes) is 3. The van der Waals surface area contributed by atoms with Crippen molar-refractivity contribution in [2.24, 2.45) is 10.7 Å². The number of halogens is 1. The van der Waals surface area contributed by atoms with Crippen LogP contribution in [0.5, 0.6) is 0 Å². The van der Waals surface area contributed by atoms with Crippen molar-refractivity contribution in [1.29, 1.82) is 0 Å². The Balaban J connectivity index is 0.00000324. The Labute approximate surface area is 137 Å². The van der Waals surface area contributed by atoms with Gasteiger partial charge in [0.1, 0.15) is 0 Å². The smallest absolute Gasteiger partial charge is 0.188 e. The molecule has 0 aliphatic rings. The van der Waals surface area contributed by atoms with Gasteiger partial charge < -0.3 is 11.1 Å². The third-order valence-corrected chi connectivity index (χ3v) is 3.75. The molecule has 0 aliphatic heterocycles. The number of nitrogens with two attached hydrogens (primary N) is 1. The molecule has 1 heterocycles. The molecule has 1 rings (SSSR count). The molecule has 0 aliphatic carbocycles. The van der Waals surface area contributed by atoms with Crippen LogP contribution in [-0.4, -0.2) is 24.0 Å². The lowest BCUT2D eigenvalue weighted by atomic mass is 10.2. The van der Waals surface area contributed by atoms with Crippen LogP contribution >= 0.6 is 35.3 Å². The molecule has 0 aromatic carbocycles. The van der Waals surface area contributed by atoms with E-state index >= 15 is 0 Å². The monoisotopic (exact) mass is 396 g/mol. The van der Waals surface area contributed by atoms with Gasteiger partial charge in [0.2, 0.25) is 0 Å². The SMILES string of the molecule is CCCCCCNC(N)=NCC(C)c1nccs1.I. The molecular weight excluding hydrogens is 371 g/mol. The first-order valence-electron chi connectivity index (χ1n) is 6.67. The quantitative estimate of drug-likeness (QED) is 0.307. The van der Waals surface area contributed by atoms with Gasteiger partial charge in [-0.3, -0.25) is 4.99 Å². The lowest BCUT2D eigenvalue weighted by molar-refractivity contribution is 0.651. The molecule has 4 nitrogen and oxygen atoms in total. The lowest BCUT2D eigenvalue weighted by Gasteiger charge is -2.07. The van der Waals surface area contributed by atoms with Crippen LogP contribution in [0.15, 0.2) is 16.6 Å². The Bertz CT molecular complexity index is 340. The summed E-state index contributed by atoms with van der Waals surface area (Å²) >= 11 is 1.67. The molecular formula is C13H25IN4S. The van der Waals surface area contributed by atoms with E-state index in [1.54, 1.807) is 11.3 Å². The highest BCUT2D eigenvalue weighted by Crippen LogP contribution is 2.17. The number of thiazole rings is 1. The number of aromatic nitrogens is 1. The minimum absolute atomic E-state index is 0. The van der Waals surface area contributed by atoms with Gasteiger partial charge >= 0.3 is 0 Å². The van der Waals surface area contributed by atoms with Crippen molar-refractivity contribution in [1.82, 2.24) is 10.3 Å². The van der Waals surface area contributed by atoms with Crippen molar-refractivity contribution >= 4 is 41.3 Å². The average Bonchev–Trinajstić information content (AvgIpc) is 2.89. The van der Waals surface area contributed by atoms with E-state index in [-0.39, 0.29) is 24.0 Å². The summed E-state index contributed by atoms with van der Waals surface area (Å²) in [4.78, 5) is 8.63. The summed E-state index contributed by atoms with van der Waals surface area (Å²) in [5.74, 6) is 0.889. The summed E-state index contributed by atoms with van der Waals surface area (Å²) in [5, 5.41) is 6.26. The van der Waals surface area contributed by atoms with E-state index < -0.39 is 0 Å². The summed E-state index contributed by atoms with van der Waals surface area (Å²) in [6.45, 7) is 5.95. The van der Waals surface area contributed by atoms with Crippen LogP contribution in [0.4, 0.5) is 0 Å². The van der Waals surface area contributed by atoms with E-state index in [0.717, 1.165) is 18.0 Å². The van der Waals surface area contributed by atoms with Crippen LogP contribution in [-0.2, 0) is 0 Å². The predicted octanol–water partition coefficient (Wildman–Crippen LogP) is 3.35. The highest BCUT2D eigenvalue weighted by Gasteiger charge is 2.06. The van der Waals surface area contributed by atoms with E-state index in [4.69, 9.17) is 5.73 Å². The molecule has 1 aromatic rings. The summed E-state index contributed by atoms with van der Waals surface area (Å²) in [7, 11) is 0. The molecule has 3 N–H and O–H groups in total. The Morgan fingerprint density at radius 3 is 2.89 bits per heavy atom. The Morgan fingerprint density at radius 1 is 1.47 bits per heavy atom. The minimum atomic E-state index is 0. The van der Waals surface area contributed by atoms with E-state index in [1.165, 1.54) is 19.3 Å². The van der Waals surface area contributed by atoms with Gasteiger partial charge in [-0.1, -0.05) is 33.1 Å². The first-order chi connectivity index (χ1) is 8.74. The van der Waals surface area contributed by atoms with Gasteiger partial charge in [0.15, 0.2) is 5.96 Å². The summed E-state index contributed by atoms with van der Waals surface area (Å²) in [6.07, 6.45) is 6.79. The van der Waals surface area contributed by atoms with Gasteiger partial charge in [0.25, 0.3) is 0 Å². The fraction of sp³-hybridized carbons (Fsp3) is 0.692. The first kappa shape index (κ1) is 18.6. The molecule has 1 unspecified atom stereocenters. The molecule has 0 saturated carbocycles. The fourth-order valence-corrected chi connectivity index (χ4v) is 2.31. The van der Waals surface area contributed by atoms with Crippen molar-refractivity contribution in [3.63, 3.8) is 0 Å². The van der Waals surface area contributed by atoms with E-state index in [9.17, 15) is 0 Å². The van der Waals surface area contributed by atoms with Crippen LogP contribution in [0, 0.1) is 0 Å². The number of rotatable bonds is 8. The molecule has 0 spiro atoms. The second-order valence-corrected chi connectivity index (χ2v) is 5.41. The van der Waals surface area contributed by atoms with Crippen LogP contribution in [0.25, 0.3) is 0 Å². The summed E-state index contributed by atoms with van der Waals surface area (Å²) < 4.78 is 0. The third-order valence-electron chi connectivity index (χ3n) is 2.74. The Morgan fingerprint density at radius 2 is 2.26 bits per heavy atom. The zero-order valence-electron chi connectivity index (χ0n) is 11.8. The number of hydrogen-bond donors (Lipinski definition) is 2. The van der Waals surface area contributed by atoms with Crippen LogP contribution in [0.3, 0.4) is 0 Å². The van der Waals surface area contributed by atoms with Crippen LogP contribution in [0.2, 0.25) is 0 Å². The molecule has 0 amide bonds. The van der Waals surface area contributed by atoms with Gasteiger partial charge in [-0.05, 0) is 6.42 Å². The largest absolute Gasteiger partial charge is 0.370 e. The number of aliphatic imine (C=N–C) groups is 1. The van der Waals surface area contributed by atoms with Gasteiger partial charge in [-0.25, -0.2) is 4.98 Å². The van der Waals surface area contributed by atoms with Crippen LogP contribution in [0.1, 0.15) is 50.5 Å². The first-order valence-corrected chi connectivity index (χ1v) is 7.55. The van der Waals surface area contributed by atoms with Crippen molar-refractivity contribution in [2.45, 2.75) is 45.4 Å². The fourth-order valence-electron chi connectivity index (χ4n) is 1.62. The lowest BCUT2D eigenvalue weighted by Crippen LogP contribution is -2.32. The van der Waals surface area contributed by atoms with Crippen molar-refractivity contribution in [3.05, 3.63) is 16.6 Å². The number of hydrogen-bond acceptors (Lipinski definition) is 3. The van der Waals surface area contributed by atoms with E-state index in [1.807, 2.05) is 11.6 Å². The maximum Gasteiger partial charge on any atom is 0.188 e. The molecule has 0 saturated heterocycles. The van der Waals surface area contributed by atoms with Crippen molar-refractivity contribution in [3.8, 4) is 0 Å². The van der Waals surface area contributed by atoms with Crippen molar-refractivity contribution < 1.29 is 0 Å². The maximum absolute atomic E-state index is 5.81. The second-order valence-electron chi connectivity index (χ2n) is 4.48. The summed E-state index contributed by atoms with van der Waals surface area (Å²) in [5.41, 5.74) is 5.81. The van der Waals surface area contributed by atoms with Crippen LogP contribution < -0.4 is 11.1 Å². The van der Waals surface area contributed by atoms with Gasteiger partial charge in [0.05, 0.1) is 11.6 Å². The molecule has 110 valence electrons. The molecule has 1 aromatic heterocycles. The zero-order valence-corrected chi connectivity index (χ0v) is 14.9. The number of guanidine groups is 1. The predicted molar refractivity (Wildman–Crippen MR) is 94.6 cm³/mol.